The second kappa shape index (κ2) is 5.08. The largest absolute Gasteiger partial charge is 0.508 e. The molecule has 0 bridgehead atoms. The fourth-order valence-corrected chi connectivity index (χ4v) is 2.07. The first-order valence-electron chi connectivity index (χ1n) is 6.02. The average molecular weight is 244 g/mol. The lowest BCUT2D eigenvalue weighted by Gasteiger charge is -2.10. The maximum absolute atomic E-state index is 10.8. The molecule has 0 aliphatic carbocycles. The summed E-state index contributed by atoms with van der Waals surface area (Å²) in [7, 11) is 0. The zero-order valence-corrected chi connectivity index (χ0v) is 10.3. The lowest BCUT2D eigenvalue weighted by Crippen LogP contribution is -2.10. The van der Waals surface area contributed by atoms with E-state index in [9.17, 15) is 9.90 Å². The highest BCUT2D eigenvalue weighted by molar-refractivity contribution is 5.87. The molecule has 3 heteroatoms. The molecule has 0 saturated heterocycles. The number of carboxylic acid groups (broad SMARTS) is 1. The Morgan fingerprint density at radius 2 is 1.94 bits per heavy atom. The average Bonchev–Trinajstić information content (AvgIpc) is 2.37. The van der Waals surface area contributed by atoms with Crippen molar-refractivity contribution in [3.63, 3.8) is 0 Å². The van der Waals surface area contributed by atoms with E-state index in [0.717, 1.165) is 16.3 Å². The first-order valence-corrected chi connectivity index (χ1v) is 6.02. The van der Waals surface area contributed by atoms with Crippen LogP contribution in [0.4, 0.5) is 0 Å². The molecule has 0 aliphatic rings. The van der Waals surface area contributed by atoms with Gasteiger partial charge in [-0.15, -0.1) is 0 Å². The third-order valence-electron chi connectivity index (χ3n) is 3.26. The summed E-state index contributed by atoms with van der Waals surface area (Å²) in [6.07, 6.45) is 1.09. The van der Waals surface area contributed by atoms with Gasteiger partial charge in [-0.1, -0.05) is 37.3 Å². The normalized spacial score (nSPS) is 12.5. The van der Waals surface area contributed by atoms with Crippen molar-refractivity contribution in [3.8, 4) is 5.75 Å². The molecule has 0 spiro atoms. The number of carbonyl (C=O) groups is 1. The van der Waals surface area contributed by atoms with E-state index < -0.39 is 11.9 Å². The van der Waals surface area contributed by atoms with Crippen molar-refractivity contribution in [3.05, 3.63) is 42.0 Å². The van der Waals surface area contributed by atoms with E-state index in [1.54, 1.807) is 13.0 Å². The fourth-order valence-electron chi connectivity index (χ4n) is 2.07. The summed E-state index contributed by atoms with van der Waals surface area (Å²) < 4.78 is 0. The zero-order valence-electron chi connectivity index (χ0n) is 10.3. The van der Waals surface area contributed by atoms with Crippen LogP contribution in [0.1, 0.15) is 18.9 Å². The minimum absolute atomic E-state index is 0.242. The number of hydrogen-bond donors (Lipinski definition) is 2. The molecule has 0 saturated carbocycles. The van der Waals surface area contributed by atoms with Crippen LogP contribution in [0, 0.1) is 5.92 Å². The second-order valence-corrected chi connectivity index (χ2v) is 4.56. The molecule has 2 aromatic carbocycles. The lowest BCUT2D eigenvalue weighted by molar-refractivity contribution is -0.141. The Balaban J connectivity index is 2.32. The van der Waals surface area contributed by atoms with Gasteiger partial charge in [0.25, 0.3) is 0 Å². The number of fused-ring (bicyclic) bond motifs is 1. The highest BCUT2D eigenvalue weighted by Gasteiger charge is 2.13. The highest BCUT2D eigenvalue weighted by Crippen LogP contribution is 2.28. The number of rotatable bonds is 4. The van der Waals surface area contributed by atoms with Crippen LogP contribution in [-0.2, 0) is 11.2 Å². The summed E-state index contributed by atoms with van der Waals surface area (Å²) in [5.41, 5.74) is 0.834. The summed E-state index contributed by atoms with van der Waals surface area (Å²) >= 11 is 0. The van der Waals surface area contributed by atoms with E-state index in [-0.39, 0.29) is 5.75 Å². The first kappa shape index (κ1) is 12.4. The Bertz CT molecular complexity index is 575. The summed E-state index contributed by atoms with van der Waals surface area (Å²) in [6.45, 7) is 1.69. The molecule has 94 valence electrons. The van der Waals surface area contributed by atoms with Crippen LogP contribution in [0.15, 0.2) is 36.4 Å². The number of hydrogen-bond acceptors (Lipinski definition) is 2. The Hall–Kier alpha value is -2.03. The van der Waals surface area contributed by atoms with Gasteiger partial charge in [0.1, 0.15) is 5.75 Å². The molecule has 0 fully saturated rings. The van der Waals surface area contributed by atoms with Gasteiger partial charge in [0, 0.05) is 5.56 Å². The molecule has 2 aromatic rings. The number of aromatic hydroxyl groups is 1. The van der Waals surface area contributed by atoms with E-state index >= 15 is 0 Å². The van der Waals surface area contributed by atoms with Gasteiger partial charge in [0.2, 0.25) is 0 Å². The summed E-state index contributed by atoms with van der Waals surface area (Å²) in [5.74, 6) is -0.954. The molecule has 1 unspecified atom stereocenters. The van der Waals surface area contributed by atoms with Crippen molar-refractivity contribution in [1.82, 2.24) is 0 Å². The Morgan fingerprint density at radius 1 is 1.22 bits per heavy atom. The maximum atomic E-state index is 10.8. The van der Waals surface area contributed by atoms with Crippen LogP contribution in [-0.4, -0.2) is 16.2 Å². The van der Waals surface area contributed by atoms with Crippen LogP contribution in [0.3, 0.4) is 0 Å². The van der Waals surface area contributed by atoms with Crippen LogP contribution >= 0.6 is 0 Å². The molecule has 3 nitrogen and oxygen atoms in total. The monoisotopic (exact) mass is 244 g/mol. The van der Waals surface area contributed by atoms with Crippen LogP contribution < -0.4 is 0 Å². The third kappa shape index (κ3) is 2.45. The minimum atomic E-state index is -0.797. The fraction of sp³-hybridized carbons (Fsp3) is 0.267. The van der Waals surface area contributed by atoms with Gasteiger partial charge in [0.05, 0.1) is 5.92 Å². The number of aliphatic carboxylic acids is 1. The highest BCUT2D eigenvalue weighted by atomic mass is 16.4. The van der Waals surface area contributed by atoms with Gasteiger partial charge in [-0.05, 0) is 29.7 Å². The first-order chi connectivity index (χ1) is 8.59. The van der Waals surface area contributed by atoms with Crippen molar-refractivity contribution >= 4 is 16.7 Å². The van der Waals surface area contributed by atoms with Crippen molar-refractivity contribution in [2.24, 2.45) is 5.92 Å². The molecule has 2 rings (SSSR count). The summed E-state index contributed by atoms with van der Waals surface area (Å²) in [6, 6.07) is 11.3. The van der Waals surface area contributed by atoms with Crippen LogP contribution in [0.2, 0.25) is 0 Å². The van der Waals surface area contributed by atoms with E-state index in [1.807, 2.05) is 30.3 Å². The van der Waals surface area contributed by atoms with Gasteiger partial charge in [-0.25, -0.2) is 0 Å². The zero-order chi connectivity index (χ0) is 13.1. The van der Waals surface area contributed by atoms with Crippen molar-refractivity contribution in [2.75, 3.05) is 0 Å². The van der Waals surface area contributed by atoms with Crippen molar-refractivity contribution in [1.29, 1.82) is 0 Å². The SMILES string of the molecule is CC(CCc1c(O)ccc2ccccc12)C(=O)O. The van der Waals surface area contributed by atoms with Crippen molar-refractivity contribution < 1.29 is 15.0 Å². The molecule has 0 heterocycles. The molecule has 18 heavy (non-hydrogen) atoms. The Morgan fingerprint density at radius 3 is 2.67 bits per heavy atom. The third-order valence-corrected chi connectivity index (χ3v) is 3.26. The van der Waals surface area contributed by atoms with Crippen molar-refractivity contribution in [2.45, 2.75) is 19.8 Å². The summed E-state index contributed by atoms with van der Waals surface area (Å²) in [5, 5.41) is 20.9. The molecule has 1 atom stereocenters. The molecule has 0 amide bonds. The maximum Gasteiger partial charge on any atom is 0.306 e. The quantitative estimate of drug-likeness (QED) is 0.868. The van der Waals surface area contributed by atoms with Crippen LogP contribution in [0.5, 0.6) is 5.75 Å². The number of aryl methyl sites for hydroxylation is 1. The lowest BCUT2D eigenvalue weighted by atomic mass is 9.96. The van der Waals surface area contributed by atoms with E-state index in [1.165, 1.54) is 0 Å². The molecule has 0 radical (unpaired) electrons. The number of carboxylic acids is 1. The predicted octanol–water partition coefficient (Wildman–Crippen LogP) is 3.20. The Kier molecular flexibility index (Phi) is 3.51. The molecular formula is C15H16O3. The molecule has 2 N–H and O–H groups in total. The van der Waals surface area contributed by atoms with Gasteiger partial charge >= 0.3 is 5.97 Å². The molecule has 0 aromatic heterocycles. The van der Waals surface area contributed by atoms with E-state index in [4.69, 9.17) is 5.11 Å². The number of phenolic OH excluding ortho intramolecular Hbond substituents is 1. The smallest absolute Gasteiger partial charge is 0.306 e. The summed E-state index contributed by atoms with van der Waals surface area (Å²) in [4.78, 5) is 10.8. The molecular weight excluding hydrogens is 228 g/mol. The Labute approximate surface area is 106 Å². The second-order valence-electron chi connectivity index (χ2n) is 4.56. The topological polar surface area (TPSA) is 57.5 Å². The molecule has 0 aliphatic heterocycles. The van der Waals surface area contributed by atoms with Crippen LogP contribution in [0.25, 0.3) is 10.8 Å². The van der Waals surface area contributed by atoms with Gasteiger partial charge in [0.15, 0.2) is 0 Å². The van der Waals surface area contributed by atoms with Gasteiger partial charge in [-0.3, -0.25) is 4.79 Å². The number of phenols is 1. The minimum Gasteiger partial charge on any atom is -0.508 e. The number of benzene rings is 2. The van der Waals surface area contributed by atoms with Gasteiger partial charge < -0.3 is 10.2 Å². The van der Waals surface area contributed by atoms with E-state index in [0.29, 0.717) is 12.8 Å². The van der Waals surface area contributed by atoms with E-state index in [2.05, 4.69) is 0 Å². The van der Waals surface area contributed by atoms with Gasteiger partial charge in [-0.2, -0.15) is 0 Å². The predicted molar refractivity (Wildman–Crippen MR) is 70.7 cm³/mol. The standard InChI is InChI=1S/C15H16O3/c1-10(15(17)18)6-8-13-12-5-3-2-4-11(12)7-9-14(13)16/h2-5,7,9-10,16H,6,8H2,1H3,(H,17,18).